The zero-order valence-corrected chi connectivity index (χ0v) is 8.77. The van der Waals surface area contributed by atoms with E-state index < -0.39 is 0 Å². The van der Waals surface area contributed by atoms with Gasteiger partial charge in [-0.3, -0.25) is 4.79 Å². The van der Waals surface area contributed by atoms with Gasteiger partial charge >= 0.3 is 0 Å². The largest absolute Gasteiger partial charge is 0.481 e. The number of carbonyl (C=O) groups is 1. The molecule has 0 radical (unpaired) electrons. The van der Waals surface area contributed by atoms with E-state index >= 15 is 0 Å². The molecule has 1 aliphatic heterocycles. The molecule has 4 nitrogen and oxygen atoms in total. The molecule has 1 fully saturated rings. The van der Waals surface area contributed by atoms with E-state index in [1.54, 1.807) is 25.4 Å². The molecule has 0 spiro atoms. The van der Waals surface area contributed by atoms with Gasteiger partial charge in [-0.2, -0.15) is 0 Å². The summed E-state index contributed by atoms with van der Waals surface area (Å²) in [5, 5.41) is 0. The summed E-state index contributed by atoms with van der Waals surface area (Å²) in [5.74, 6) is 0.607. The number of nitrogens with zero attached hydrogens (tertiary/aromatic N) is 2. The second kappa shape index (κ2) is 4.29. The highest BCUT2D eigenvalue weighted by molar-refractivity contribution is 5.94. The summed E-state index contributed by atoms with van der Waals surface area (Å²) in [6.45, 7) is 1.73. The number of carbonyl (C=O) groups excluding carboxylic acids is 1. The van der Waals surface area contributed by atoms with E-state index in [2.05, 4.69) is 4.98 Å². The topological polar surface area (TPSA) is 42.4 Å². The Morgan fingerprint density at radius 3 is 2.67 bits per heavy atom. The van der Waals surface area contributed by atoms with Gasteiger partial charge in [0.05, 0.1) is 12.7 Å². The van der Waals surface area contributed by atoms with Crippen molar-refractivity contribution in [3.8, 4) is 5.88 Å². The molecule has 0 aliphatic carbocycles. The van der Waals surface area contributed by atoms with Gasteiger partial charge in [0.25, 0.3) is 5.91 Å². The summed E-state index contributed by atoms with van der Waals surface area (Å²) < 4.78 is 4.94. The van der Waals surface area contributed by atoms with Gasteiger partial charge in [0.15, 0.2) is 0 Å². The van der Waals surface area contributed by atoms with Crippen LogP contribution in [0.15, 0.2) is 18.3 Å². The predicted octanol–water partition coefficient (Wildman–Crippen LogP) is 1.33. The van der Waals surface area contributed by atoms with Crippen molar-refractivity contribution in [1.29, 1.82) is 0 Å². The molecular weight excluding hydrogens is 192 g/mol. The van der Waals surface area contributed by atoms with Crippen LogP contribution in [0.3, 0.4) is 0 Å². The lowest BCUT2D eigenvalue weighted by molar-refractivity contribution is 0.0792. The molecule has 1 amide bonds. The molecule has 1 aromatic heterocycles. The number of hydrogen-bond acceptors (Lipinski definition) is 3. The number of ether oxygens (including phenoxy) is 1. The maximum absolute atomic E-state index is 11.9. The number of amides is 1. The first-order chi connectivity index (χ1) is 7.31. The molecule has 1 saturated heterocycles. The quantitative estimate of drug-likeness (QED) is 0.733. The Morgan fingerprint density at radius 2 is 2.13 bits per heavy atom. The Labute approximate surface area is 88.9 Å². The SMILES string of the molecule is COc1ccc(C(=O)N2CCCC2)cn1. The molecule has 0 aromatic carbocycles. The van der Waals surface area contributed by atoms with Crippen LogP contribution in [-0.2, 0) is 0 Å². The Morgan fingerprint density at radius 1 is 1.40 bits per heavy atom. The van der Waals surface area contributed by atoms with Crippen molar-refractivity contribution in [2.24, 2.45) is 0 Å². The van der Waals surface area contributed by atoms with E-state index in [4.69, 9.17) is 4.74 Å². The Bertz CT molecular complexity index is 342. The monoisotopic (exact) mass is 206 g/mol. The molecular formula is C11H14N2O2. The van der Waals surface area contributed by atoms with Crippen molar-refractivity contribution < 1.29 is 9.53 Å². The van der Waals surface area contributed by atoms with Crippen molar-refractivity contribution in [1.82, 2.24) is 9.88 Å². The van der Waals surface area contributed by atoms with Crippen LogP contribution in [0.1, 0.15) is 23.2 Å². The molecule has 2 rings (SSSR count). The van der Waals surface area contributed by atoms with Crippen LogP contribution in [0.5, 0.6) is 5.88 Å². The van der Waals surface area contributed by atoms with Gasteiger partial charge < -0.3 is 9.64 Å². The zero-order valence-electron chi connectivity index (χ0n) is 8.77. The molecule has 0 atom stereocenters. The van der Waals surface area contributed by atoms with Crippen LogP contribution in [0, 0.1) is 0 Å². The van der Waals surface area contributed by atoms with Crippen LogP contribution < -0.4 is 4.74 Å². The minimum atomic E-state index is 0.0719. The zero-order chi connectivity index (χ0) is 10.7. The summed E-state index contributed by atoms with van der Waals surface area (Å²) in [7, 11) is 1.56. The van der Waals surface area contributed by atoms with Gasteiger partial charge in [-0.1, -0.05) is 0 Å². The average molecular weight is 206 g/mol. The van der Waals surface area contributed by atoms with Crippen molar-refractivity contribution in [2.45, 2.75) is 12.8 Å². The molecule has 2 heterocycles. The van der Waals surface area contributed by atoms with Crippen LogP contribution in [0.2, 0.25) is 0 Å². The minimum absolute atomic E-state index is 0.0719. The second-order valence-corrected chi connectivity index (χ2v) is 3.59. The van der Waals surface area contributed by atoms with Crippen molar-refractivity contribution in [2.75, 3.05) is 20.2 Å². The fourth-order valence-electron chi connectivity index (χ4n) is 1.73. The Kier molecular flexibility index (Phi) is 2.85. The molecule has 1 aromatic rings. The Balaban J connectivity index is 2.11. The fraction of sp³-hybridized carbons (Fsp3) is 0.455. The summed E-state index contributed by atoms with van der Waals surface area (Å²) >= 11 is 0. The standard InChI is InChI=1S/C11H14N2O2/c1-15-10-5-4-9(8-12-10)11(14)13-6-2-3-7-13/h4-5,8H,2-3,6-7H2,1H3. The Hall–Kier alpha value is -1.58. The summed E-state index contributed by atoms with van der Waals surface area (Å²) in [4.78, 5) is 17.8. The highest BCUT2D eigenvalue weighted by Crippen LogP contribution is 2.13. The molecule has 15 heavy (non-hydrogen) atoms. The first-order valence-electron chi connectivity index (χ1n) is 5.10. The lowest BCUT2D eigenvalue weighted by atomic mass is 10.2. The third-order valence-corrected chi connectivity index (χ3v) is 2.59. The minimum Gasteiger partial charge on any atom is -0.481 e. The fourth-order valence-corrected chi connectivity index (χ4v) is 1.73. The van der Waals surface area contributed by atoms with E-state index in [0.717, 1.165) is 25.9 Å². The number of aromatic nitrogens is 1. The summed E-state index contributed by atoms with van der Waals surface area (Å²) in [6, 6.07) is 3.47. The third-order valence-electron chi connectivity index (χ3n) is 2.59. The van der Waals surface area contributed by atoms with E-state index in [-0.39, 0.29) is 5.91 Å². The smallest absolute Gasteiger partial charge is 0.255 e. The second-order valence-electron chi connectivity index (χ2n) is 3.59. The lowest BCUT2D eigenvalue weighted by Crippen LogP contribution is -2.27. The number of hydrogen-bond donors (Lipinski definition) is 0. The van der Waals surface area contributed by atoms with Crippen LogP contribution in [0.25, 0.3) is 0 Å². The first kappa shape index (κ1) is 9.96. The molecule has 0 saturated carbocycles. The highest BCUT2D eigenvalue weighted by atomic mass is 16.5. The molecule has 4 heteroatoms. The molecule has 0 bridgehead atoms. The van der Waals surface area contributed by atoms with Crippen LogP contribution in [-0.4, -0.2) is 36.0 Å². The average Bonchev–Trinajstić information content (AvgIpc) is 2.82. The summed E-state index contributed by atoms with van der Waals surface area (Å²) in [6.07, 6.45) is 3.78. The highest BCUT2D eigenvalue weighted by Gasteiger charge is 2.19. The molecule has 0 N–H and O–H groups in total. The summed E-state index contributed by atoms with van der Waals surface area (Å²) in [5.41, 5.74) is 0.637. The maximum Gasteiger partial charge on any atom is 0.255 e. The number of likely N-dealkylation sites (tertiary alicyclic amines) is 1. The van der Waals surface area contributed by atoms with E-state index in [9.17, 15) is 4.79 Å². The van der Waals surface area contributed by atoms with Crippen molar-refractivity contribution in [3.63, 3.8) is 0 Å². The lowest BCUT2D eigenvalue weighted by Gasteiger charge is -2.14. The third kappa shape index (κ3) is 2.09. The van der Waals surface area contributed by atoms with Gasteiger partial charge in [0.1, 0.15) is 0 Å². The first-order valence-corrected chi connectivity index (χ1v) is 5.10. The number of rotatable bonds is 2. The van der Waals surface area contributed by atoms with Crippen LogP contribution >= 0.6 is 0 Å². The molecule has 0 unspecified atom stereocenters. The predicted molar refractivity (Wildman–Crippen MR) is 55.9 cm³/mol. The molecule has 80 valence electrons. The van der Waals surface area contributed by atoms with Gasteiger partial charge in [-0.25, -0.2) is 4.98 Å². The molecule has 1 aliphatic rings. The van der Waals surface area contributed by atoms with E-state index in [1.807, 2.05) is 4.90 Å². The van der Waals surface area contributed by atoms with Crippen LogP contribution in [0.4, 0.5) is 0 Å². The maximum atomic E-state index is 11.9. The van der Waals surface area contributed by atoms with E-state index in [1.165, 1.54) is 0 Å². The number of pyridine rings is 1. The van der Waals surface area contributed by atoms with Gasteiger partial charge in [-0.05, 0) is 18.9 Å². The van der Waals surface area contributed by atoms with Gasteiger partial charge in [-0.15, -0.1) is 0 Å². The van der Waals surface area contributed by atoms with Gasteiger partial charge in [0, 0.05) is 25.4 Å². The van der Waals surface area contributed by atoms with E-state index in [0.29, 0.717) is 11.4 Å². The number of methoxy groups -OCH3 is 1. The van der Waals surface area contributed by atoms with Crippen molar-refractivity contribution in [3.05, 3.63) is 23.9 Å². The van der Waals surface area contributed by atoms with Gasteiger partial charge in [0.2, 0.25) is 5.88 Å². The van der Waals surface area contributed by atoms with Crippen molar-refractivity contribution >= 4 is 5.91 Å². The normalized spacial score (nSPS) is 15.4.